The molecule has 2 N–H and O–H groups in total. The Kier molecular flexibility index (Phi) is 5.13. The van der Waals surface area contributed by atoms with Crippen LogP contribution in [0.3, 0.4) is 0 Å². The van der Waals surface area contributed by atoms with E-state index in [9.17, 15) is 13.2 Å². The lowest BCUT2D eigenvalue weighted by molar-refractivity contribution is -0.711. The molecule has 0 amide bonds. The van der Waals surface area contributed by atoms with Crippen molar-refractivity contribution in [2.75, 3.05) is 6.54 Å². The second kappa shape index (κ2) is 6.80. The topological polar surface area (TPSA) is 73.8 Å². The van der Waals surface area contributed by atoms with Crippen molar-refractivity contribution >= 4 is 10.1 Å². The lowest BCUT2D eigenvalue weighted by Crippen LogP contribution is -2.96. The van der Waals surface area contributed by atoms with Gasteiger partial charge < -0.3 is 9.87 Å². The molecule has 0 spiro atoms. The van der Waals surface area contributed by atoms with Crippen LogP contribution in [-0.4, -0.2) is 31.1 Å². The average Bonchev–Trinajstić information content (AvgIpc) is 2.53. The first-order valence-electron chi connectivity index (χ1n) is 8.98. The first-order chi connectivity index (χ1) is 12.0. The Morgan fingerprint density at radius 1 is 1.23 bits per heavy atom. The fourth-order valence-electron chi connectivity index (χ4n) is 5.21. The minimum atomic E-state index is -6.09. The molecule has 0 aromatic heterocycles. The summed E-state index contributed by atoms with van der Waals surface area (Å²) in [4.78, 5) is 0. The molecule has 3 aliphatic rings. The summed E-state index contributed by atoms with van der Waals surface area (Å²) in [5.74, 6) is 1.90. The van der Waals surface area contributed by atoms with Crippen LogP contribution in [0.2, 0.25) is 0 Å². The van der Waals surface area contributed by atoms with E-state index >= 15 is 0 Å². The minimum absolute atomic E-state index is 0.556. The highest BCUT2D eigenvalue weighted by Gasteiger charge is 2.54. The number of rotatable bonds is 0. The summed E-state index contributed by atoms with van der Waals surface area (Å²) in [6, 6.07) is 10.2. The van der Waals surface area contributed by atoms with Crippen LogP contribution in [0.25, 0.3) is 0 Å². The molecule has 26 heavy (non-hydrogen) atoms. The highest BCUT2D eigenvalue weighted by atomic mass is 32.2. The molecule has 4 nitrogen and oxygen atoms in total. The Morgan fingerprint density at radius 3 is 2.54 bits per heavy atom. The van der Waals surface area contributed by atoms with Gasteiger partial charge in [-0.05, 0) is 36.3 Å². The fourth-order valence-corrected chi connectivity index (χ4v) is 5.21. The smallest absolute Gasteiger partial charge is 0.485 e. The van der Waals surface area contributed by atoms with Gasteiger partial charge in [0.2, 0.25) is 0 Å². The zero-order chi connectivity index (χ0) is 19.2. The molecule has 1 aromatic carbocycles. The van der Waals surface area contributed by atoms with Crippen molar-refractivity contribution in [1.82, 2.24) is 0 Å². The van der Waals surface area contributed by atoms with Crippen molar-refractivity contribution in [2.45, 2.75) is 56.0 Å². The summed E-state index contributed by atoms with van der Waals surface area (Å²) >= 11 is 0. The van der Waals surface area contributed by atoms with Gasteiger partial charge in [0.05, 0.1) is 12.6 Å². The third-order valence-electron chi connectivity index (χ3n) is 6.32. The lowest BCUT2D eigenvalue weighted by atomic mass is 9.51. The van der Waals surface area contributed by atoms with Crippen LogP contribution in [0.5, 0.6) is 0 Å². The number of fused-ring (bicyclic) bond motifs is 1. The van der Waals surface area contributed by atoms with Gasteiger partial charge in [-0.2, -0.15) is 13.2 Å². The highest BCUT2D eigenvalue weighted by Crippen LogP contribution is 2.53. The number of quaternary nitrogens is 1. The predicted molar refractivity (Wildman–Crippen MR) is 89.3 cm³/mol. The van der Waals surface area contributed by atoms with E-state index in [1.54, 1.807) is 11.1 Å². The molecule has 1 heterocycles. The molecule has 1 unspecified atom stereocenters. The second-order valence-electron chi connectivity index (χ2n) is 7.84. The van der Waals surface area contributed by atoms with Gasteiger partial charge in [0.15, 0.2) is 10.1 Å². The first kappa shape index (κ1) is 19.6. The summed E-state index contributed by atoms with van der Waals surface area (Å²) < 4.78 is 58.9. The van der Waals surface area contributed by atoms with E-state index < -0.39 is 15.6 Å². The maximum atomic E-state index is 10.7. The lowest BCUT2D eigenvalue weighted by Gasteiger charge is -2.55. The number of hydrogen-bond donors (Lipinski definition) is 1. The summed E-state index contributed by atoms with van der Waals surface area (Å²) in [7, 11) is -6.09. The van der Waals surface area contributed by atoms with E-state index in [0.29, 0.717) is 5.41 Å². The Balaban J connectivity index is 0.000000211. The van der Waals surface area contributed by atoms with Crippen molar-refractivity contribution in [1.29, 1.82) is 0 Å². The maximum Gasteiger partial charge on any atom is 0.485 e. The van der Waals surface area contributed by atoms with Gasteiger partial charge in [-0.3, -0.25) is 0 Å². The molecule has 1 saturated carbocycles. The average molecular weight is 391 g/mol. The van der Waals surface area contributed by atoms with Crippen molar-refractivity contribution in [3.05, 3.63) is 35.4 Å². The van der Waals surface area contributed by atoms with E-state index in [2.05, 4.69) is 36.5 Å². The molecule has 8 heteroatoms. The molecule has 2 fully saturated rings. The molecule has 2 bridgehead atoms. The molecule has 1 saturated heterocycles. The van der Waals surface area contributed by atoms with Crippen molar-refractivity contribution in [3.8, 4) is 0 Å². The van der Waals surface area contributed by atoms with Crippen molar-refractivity contribution in [3.63, 3.8) is 0 Å². The summed E-state index contributed by atoms with van der Waals surface area (Å²) in [6.07, 6.45) is 7.08. The minimum Gasteiger partial charge on any atom is -0.741 e. The van der Waals surface area contributed by atoms with Gasteiger partial charge in [0.25, 0.3) is 0 Å². The van der Waals surface area contributed by atoms with Crippen LogP contribution in [0, 0.1) is 11.8 Å². The Labute approximate surface area is 151 Å². The van der Waals surface area contributed by atoms with Crippen LogP contribution >= 0.6 is 0 Å². The highest BCUT2D eigenvalue weighted by molar-refractivity contribution is 7.86. The fraction of sp³-hybridized carbons (Fsp3) is 0.667. The molecule has 0 radical (unpaired) electrons. The Morgan fingerprint density at radius 2 is 1.88 bits per heavy atom. The molecule has 146 valence electrons. The normalized spacial score (nSPS) is 33.3. The van der Waals surface area contributed by atoms with Gasteiger partial charge in [0, 0.05) is 24.2 Å². The number of nitrogens with two attached hydrogens (primary N) is 1. The largest absolute Gasteiger partial charge is 0.741 e. The number of halogens is 3. The summed E-state index contributed by atoms with van der Waals surface area (Å²) in [6.45, 7) is 3.81. The monoisotopic (exact) mass is 391 g/mol. The molecular weight excluding hydrogens is 367 g/mol. The van der Waals surface area contributed by atoms with E-state index in [4.69, 9.17) is 13.0 Å². The second-order valence-corrected chi connectivity index (χ2v) is 9.21. The van der Waals surface area contributed by atoms with Crippen molar-refractivity contribution in [2.24, 2.45) is 11.8 Å². The molecule has 4 rings (SSSR count). The van der Waals surface area contributed by atoms with Crippen LogP contribution < -0.4 is 5.32 Å². The Bertz CT molecular complexity index is 765. The summed E-state index contributed by atoms with van der Waals surface area (Å²) in [5, 5.41) is 2.65. The van der Waals surface area contributed by atoms with Gasteiger partial charge in [-0.1, -0.05) is 31.2 Å². The third-order valence-corrected chi connectivity index (χ3v) is 6.89. The molecule has 1 aliphatic heterocycles. The zero-order valence-electron chi connectivity index (χ0n) is 14.6. The number of hydrogen-bond acceptors (Lipinski definition) is 3. The number of alkyl halides is 3. The maximum absolute atomic E-state index is 10.7. The Hall–Kier alpha value is -1.12. The summed E-state index contributed by atoms with van der Waals surface area (Å²) in [5.41, 5.74) is -1.70. The first-order valence-corrected chi connectivity index (χ1v) is 10.4. The van der Waals surface area contributed by atoms with Gasteiger partial charge in [-0.25, -0.2) is 8.42 Å². The van der Waals surface area contributed by atoms with Crippen molar-refractivity contribution < 1.29 is 31.5 Å². The van der Waals surface area contributed by atoms with E-state index in [1.807, 2.05) is 0 Å². The SMILES string of the molecule is CC1CC[C@]23CC[NH2+][C@H](Cc4ccccc42)[C@@H]3C1.O=S(=O)([O-])C(F)(F)F. The third kappa shape index (κ3) is 3.51. The van der Waals surface area contributed by atoms with Gasteiger partial charge in [0.1, 0.15) is 0 Å². The van der Waals surface area contributed by atoms with Gasteiger partial charge >= 0.3 is 5.51 Å². The number of benzene rings is 1. The van der Waals surface area contributed by atoms with Crippen LogP contribution in [0.4, 0.5) is 13.2 Å². The van der Waals surface area contributed by atoms with E-state index in [1.165, 1.54) is 38.6 Å². The van der Waals surface area contributed by atoms with Crippen LogP contribution in [0.15, 0.2) is 24.3 Å². The molecule has 2 aliphatic carbocycles. The molecule has 1 aromatic rings. The quantitative estimate of drug-likeness (QED) is 0.545. The predicted octanol–water partition coefficient (Wildman–Crippen LogP) is 2.30. The van der Waals surface area contributed by atoms with Gasteiger partial charge in [-0.15, -0.1) is 0 Å². The number of piperidine rings is 1. The molecule has 4 atom stereocenters. The zero-order valence-corrected chi connectivity index (χ0v) is 15.4. The standard InChI is InChI=1S/C17H23N.CHF3O3S/c1-12-6-7-17-8-9-18-16(15(17)10-12)11-13-4-2-3-5-14(13)17;2-1(3,4)8(5,6)7/h2-5,12,15-16,18H,6-11H2,1H3;(H,5,6,7)/t12?,15-,16+,17-;/m0./s1. The van der Waals surface area contributed by atoms with Crippen LogP contribution in [0.1, 0.15) is 43.7 Å². The van der Waals surface area contributed by atoms with Crippen LogP contribution in [-0.2, 0) is 22.0 Å². The van der Waals surface area contributed by atoms with E-state index in [0.717, 1.165) is 17.9 Å². The van der Waals surface area contributed by atoms with E-state index in [-0.39, 0.29) is 0 Å². The molecular formula is C18H24F3NO3S.